The van der Waals surface area contributed by atoms with Crippen LogP contribution in [0.2, 0.25) is 0 Å². The summed E-state index contributed by atoms with van der Waals surface area (Å²) in [6.07, 6.45) is 3.03. The van der Waals surface area contributed by atoms with Crippen LogP contribution in [0.25, 0.3) is 0 Å². The molecule has 2 fully saturated rings. The number of rotatable bonds is 10. The van der Waals surface area contributed by atoms with Crippen LogP contribution in [0.1, 0.15) is 33.1 Å². The fourth-order valence-corrected chi connectivity index (χ4v) is 3.32. The minimum Gasteiger partial charge on any atom is -0.492 e. The van der Waals surface area contributed by atoms with Gasteiger partial charge in [-0.25, -0.2) is 0 Å². The molecule has 0 radical (unpaired) electrons. The van der Waals surface area contributed by atoms with Gasteiger partial charge < -0.3 is 19.5 Å². The van der Waals surface area contributed by atoms with Gasteiger partial charge in [-0.2, -0.15) is 0 Å². The molecule has 0 unspecified atom stereocenters. The topological polar surface area (TPSA) is 60.0 Å². The molecule has 1 atom stereocenters. The molecule has 0 bridgehead atoms. The lowest BCUT2D eigenvalue weighted by atomic mass is 9.98. The van der Waals surface area contributed by atoms with Crippen LogP contribution in [-0.2, 0) is 14.3 Å². The minimum absolute atomic E-state index is 0.0561. The van der Waals surface area contributed by atoms with E-state index in [1.807, 2.05) is 31.2 Å². The SMILES string of the molecule is CCCO[C@@](C)(C(=O)Nc1ccc(OCCN2CCOCC2)cc1)C1CC1. The molecule has 1 aromatic carbocycles. The molecule has 1 saturated carbocycles. The molecule has 0 spiro atoms. The van der Waals surface area contributed by atoms with E-state index in [0.717, 1.165) is 63.5 Å². The highest BCUT2D eigenvalue weighted by Gasteiger charge is 2.48. The number of nitrogens with one attached hydrogen (secondary N) is 1. The second-order valence-electron chi connectivity index (χ2n) is 7.51. The third-order valence-electron chi connectivity index (χ3n) is 5.31. The van der Waals surface area contributed by atoms with Crippen LogP contribution in [-0.4, -0.2) is 62.5 Å². The Kier molecular flexibility index (Phi) is 7.10. The Hall–Kier alpha value is -1.63. The van der Waals surface area contributed by atoms with Crippen molar-refractivity contribution in [3.8, 4) is 5.75 Å². The molecule has 1 aliphatic carbocycles. The number of ether oxygens (including phenoxy) is 3. The molecule has 1 saturated heterocycles. The number of morpholine rings is 1. The Morgan fingerprint density at radius 3 is 2.56 bits per heavy atom. The van der Waals surface area contributed by atoms with Gasteiger partial charge in [0.1, 0.15) is 18.0 Å². The molecule has 1 amide bonds. The van der Waals surface area contributed by atoms with Crippen LogP contribution < -0.4 is 10.1 Å². The van der Waals surface area contributed by atoms with Crippen LogP contribution >= 0.6 is 0 Å². The quantitative estimate of drug-likeness (QED) is 0.680. The van der Waals surface area contributed by atoms with Gasteiger partial charge in [-0.3, -0.25) is 9.69 Å². The Morgan fingerprint density at radius 1 is 1.22 bits per heavy atom. The first-order valence-corrected chi connectivity index (χ1v) is 10.1. The van der Waals surface area contributed by atoms with Crippen molar-refractivity contribution in [1.82, 2.24) is 4.90 Å². The number of hydrogen-bond acceptors (Lipinski definition) is 5. The highest BCUT2D eigenvalue weighted by Crippen LogP contribution is 2.42. The van der Waals surface area contributed by atoms with Gasteiger partial charge >= 0.3 is 0 Å². The van der Waals surface area contributed by atoms with Crippen molar-refractivity contribution in [1.29, 1.82) is 0 Å². The standard InChI is InChI=1S/C21H32N2O4/c1-3-13-27-21(2,17-4-5-17)20(24)22-18-6-8-19(9-7-18)26-16-12-23-10-14-25-15-11-23/h6-9,17H,3-5,10-16H2,1-2H3,(H,22,24)/t21-/m1/s1. The lowest BCUT2D eigenvalue weighted by Crippen LogP contribution is -2.45. The van der Waals surface area contributed by atoms with Crippen LogP contribution in [0, 0.1) is 5.92 Å². The molecule has 6 nitrogen and oxygen atoms in total. The Morgan fingerprint density at radius 2 is 1.93 bits per heavy atom. The number of carbonyl (C=O) groups is 1. The lowest BCUT2D eigenvalue weighted by Gasteiger charge is -2.28. The smallest absolute Gasteiger partial charge is 0.256 e. The number of hydrogen-bond donors (Lipinski definition) is 1. The summed E-state index contributed by atoms with van der Waals surface area (Å²) in [5.41, 5.74) is 0.0380. The molecule has 150 valence electrons. The first kappa shape index (κ1) is 20.1. The van der Waals surface area contributed by atoms with E-state index in [0.29, 0.717) is 19.1 Å². The van der Waals surface area contributed by atoms with Crippen molar-refractivity contribution in [3.63, 3.8) is 0 Å². The molecule has 1 aromatic rings. The van der Waals surface area contributed by atoms with E-state index >= 15 is 0 Å². The van der Waals surface area contributed by atoms with Crippen molar-refractivity contribution in [3.05, 3.63) is 24.3 Å². The third-order valence-corrected chi connectivity index (χ3v) is 5.31. The van der Waals surface area contributed by atoms with Gasteiger partial charge in [0.25, 0.3) is 5.91 Å². The van der Waals surface area contributed by atoms with E-state index in [2.05, 4.69) is 17.1 Å². The van der Waals surface area contributed by atoms with E-state index in [4.69, 9.17) is 14.2 Å². The zero-order valence-corrected chi connectivity index (χ0v) is 16.5. The summed E-state index contributed by atoms with van der Waals surface area (Å²) in [6, 6.07) is 7.57. The Balaban J connectivity index is 1.47. The van der Waals surface area contributed by atoms with Gasteiger partial charge in [0.15, 0.2) is 0 Å². The zero-order chi connectivity index (χ0) is 19.1. The van der Waals surface area contributed by atoms with Gasteiger partial charge in [0, 0.05) is 31.9 Å². The van der Waals surface area contributed by atoms with E-state index in [1.165, 1.54) is 0 Å². The summed E-state index contributed by atoms with van der Waals surface area (Å²) in [5, 5.41) is 3.01. The molecule has 1 aliphatic heterocycles. The molecular formula is C21H32N2O4. The molecule has 6 heteroatoms. The van der Waals surface area contributed by atoms with Crippen molar-refractivity contribution < 1.29 is 19.0 Å². The van der Waals surface area contributed by atoms with Gasteiger partial charge in [0.05, 0.1) is 13.2 Å². The summed E-state index contributed by atoms with van der Waals surface area (Å²) >= 11 is 0. The van der Waals surface area contributed by atoms with Crippen LogP contribution in [0.3, 0.4) is 0 Å². The number of carbonyl (C=O) groups excluding carboxylic acids is 1. The van der Waals surface area contributed by atoms with Crippen molar-refractivity contribution in [2.75, 3.05) is 51.4 Å². The van der Waals surface area contributed by atoms with E-state index in [-0.39, 0.29) is 5.91 Å². The number of anilines is 1. The average Bonchev–Trinajstić information content (AvgIpc) is 3.54. The van der Waals surface area contributed by atoms with Crippen molar-refractivity contribution >= 4 is 11.6 Å². The van der Waals surface area contributed by atoms with Gasteiger partial charge in [0.2, 0.25) is 0 Å². The summed E-state index contributed by atoms with van der Waals surface area (Å²) < 4.78 is 17.1. The number of nitrogens with zero attached hydrogens (tertiary/aromatic N) is 1. The Bertz CT molecular complexity index is 597. The predicted octanol–water partition coefficient (Wildman–Crippen LogP) is 2.93. The lowest BCUT2D eigenvalue weighted by molar-refractivity contribution is -0.142. The second kappa shape index (κ2) is 9.53. The fourth-order valence-electron chi connectivity index (χ4n) is 3.32. The van der Waals surface area contributed by atoms with Crippen molar-refractivity contribution in [2.45, 2.75) is 38.7 Å². The summed E-state index contributed by atoms with van der Waals surface area (Å²) in [4.78, 5) is 15.1. The van der Waals surface area contributed by atoms with Gasteiger partial charge in [-0.05, 0) is 56.4 Å². The first-order chi connectivity index (χ1) is 13.1. The van der Waals surface area contributed by atoms with Crippen molar-refractivity contribution in [2.24, 2.45) is 5.92 Å². The van der Waals surface area contributed by atoms with Crippen LogP contribution in [0.15, 0.2) is 24.3 Å². The average molecular weight is 376 g/mol. The van der Waals surface area contributed by atoms with Crippen LogP contribution in [0.4, 0.5) is 5.69 Å². The maximum Gasteiger partial charge on any atom is 0.256 e. The fraction of sp³-hybridized carbons (Fsp3) is 0.667. The predicted molar refractivity (Wildman–Crippen MR) is 105 cm³/mol. The molecule has 1 heterocycles. The number of amides is 1. The molecule has 3 rings (SSSR count). The molecule has 27 heavy (non-hydrogen) atoms. The minimum atomic E-state index is -0.733. The summed E-state index contributed by atoms with van der Waals surface area (Å²) in [6.45, 7) is 9.67. The van der Waals surface area contributed by atoms with Gasteiger partial charge in [-0.1, -0.05) is 6.92 Å². The molecule has 2 aliphatic rings. The van der Waals surface area contributed by atoms with E-state index in [9.17, 15) is 4.79 Å². The highest BCUT2D eigenvalue weighted by atomic mass is 16.5. The first-order valence-electron chi connectivity index (χ1n) is 10.1. The molecule has 1 N–H and O–H groups in total. The summed E-state index contributed by atoms with van der Waals surface area (Å²) in [7, 11) is 0. The molecular weight excluding hydrogens is 344 g/mol. The van der Waals surface area contributed by atoms with Crippen LogP contribution in [0.5, 0.6) is 5.75 Å². The monoisotopic (exact) mass is 376 g/mol. The van der Waals surface area contributed by atoms with E-state index in [1.54, 1.807) is 0 Å². The maximum atomic E-state index is 12.8. The zero-order valence-electron chi connectivity index (χ0n) is 16.5. The highest BCUT2D eigenvalue weighted by molar-refractivity contribution is 5.97. The Labute approximate surface area is 162 Å². The third kappa shape index (κ3) is 5.67. The normalized spacial score (nSPS) is 20.1. The maximum absolute atomic E-state index is 12.8. The van der Waals surface area contributed by atoms with E-state index < -0.39 is 5.60 Å². The molecule has 0 aromatic heterocycles. The summed E-state index contributed by atoms with van der Waals surface area (Å²) in [5.74, 6) is 1.08. The largest absolute Gasteiger partial charge is 0.492 e. The second-order valence-corrected chi connectivity index (χ2v) is 7.51. The number of benzene rings is 1. The van der Waals surface area contributed by atoms with Gasteiger partial charge in [-0.15, -0.1) is 0 Å².